The molecule has 0 bridgehead atoms. The van der Waals surface area contributed by atoms with E-state index in [9.17, 15) is 0 Å². The molecular formula is C27H28N8O2. The van der Waals surface area contributed by atoms with Gasteiger partial charge in [-0.05, 0) is 61.6 Å². The highest BCUT2D eigenvalue weighted by molar-refractivity contribution is 5.88. The number of nitrogens with one attached hydrogen (secondary N) is 1. The molecule has 0 amide bonds. The Morgan fingerprint density at radius 3 is 2.73 bits per heavy atom. The van der Waals surface area contributed by atoms with Crippen molar-refractivity contribution in [1.82, 2.24) is 25.1 Å². The molecular weight excluding hydrogens is 468 g/mol. The Hall–Kier alpha value is -4.57. The van der Waals surface area contributed by atoms with Gasteiger partial charge in [-0.1, -0.05) is 24.8 Å². The molecule has 10 nitrogen and oxygen atoms in total. The summed E-state index contributed by atoms with van der Waals surface area (Å²) < 4.78 is 13.5. The molecule has 6 rings (SSSR count). The van der Waals surface area contributed by atoms with E-state index in [1.54, 1.807) is 10.7 Å². The van der Waals surface area contributed by atoms with Crippen LogP contribution in [-0.2, 0) is 6.54 Å². The molecule has 0 radical (unpaired) electrons. The van der Waals surface area contributed by atoms with Crippen molar-refractivity contribution < 1.29 is 9.15 Å². The standard InChI is InChI=1S/C27H28N8O2/c1-15(28)23-24(17-6-7-22-21(13-17)33-27(30)37-22)34-35(25(23)29)14-18-12-16-4-2-3-5-20(16)26(32-18)36-19-8-10-31-11-9-19/h2-7,12-13,19,31H,1,8-11,14,28-29H2,(H2,30,33). The molecule has 3 aromatic heterocycles. The van der Waals surface area contributed by atoms with E-state index in [1.807, 2.05) is 36.4 Å². The molecule has 10 heteroatoms. The first-order valence-corrected chi connectivity index (χ1v) is 12.2. The van der Waals surface area contributed by atoms with Crippen LogP contribution in [0.5, 0.6) is 5.88 Å². The summed E-state index contributed by atoms with van der Waals surface area (Å²) in [5, 5.41) is 10.2. The van der Waals surface area contributed by atoms with Gasteiger partial charge in [-0.25, -0.2) is 9.67 Å². The second kappa shape index (κ2) is 9.14. The van der Waals surface area contributed by atoms with Gasteiger partial charge in [-0.3, -0.25) is 0 Å². The van der Waals surface area contributed by atoms with Crippen molar-refractivity contribution in [3.8, 4) is 17.1 Å². The highest BCUT2D eigenvalue weighted by atomic mass is 16.5. The van der Waals surface area contributed by atoms with Gasteiger partial charge in [0.25, 0.3) is 6.01 Å². The van der Waals surface area contributed by atoms with Crippen molar-refractivity contribution in [3.05, 3.63) is 66.4 Å². The summed E-state index contributed by atoms with van der Waals surface area (Å²) >= 11 is 0. The van der Waals surface area contributed by atoms with Gasteiger partial charge in [0.1, 0.15) is 23.1 Å². The van der Waals surface area contributed by atoms with E-state index in [0.29, 0.717) is 46.3 Å². The largest absolute Gasteiger partial charge is 0.474 e. The van der Waals surface area contributed by atoms with Crippen molar-refractivity contribution >= 4 is 39.4 Å². The second-order valence-corrected chi connectivity index (χ2v) is 9.23. The van der Waals surface area contributed by atoms with Crippen LogP contribution < -0.4 is 27.3 Å². The van der Waals surface area contributed by atoms with Gasteiger partial charge in [0.15, 0.2) is 5.58 Å². The topological polar surface area (TPSA) is 156 Å². The maximum absolute atomic E-state index is 6.55. The highest BCUT2D eigenvalue weighted by Gasteiger charge is 2.21. The summed E-state index contributed by atoms with van der Waals surface area (Å²) in [4.78, 5) is 9.10. The maximum Gasteiger partial charge on any atom is 0.292 e. The van der Waals surface area contributed by atoms with Crippen molar-refractivity contribution in [2.45, 2.75) is 25.5 Å². The summed E-state index contributed by atoms with van der Waals surface area (Å²) in [5.74, 6) is 1.03. The first kappa shape index (κ1) is 22.9. The number of pyridine rings is 1. The van der Waals surface area contributed by atoms with E-state index >= 15 is 0 Å². The van der Waals surface area contributed by atoms with Crippen molar-refractivity contribution in [3.63, 3.8) is 0 Å². The number of benzene rings is 2. The smallest absolute Gasteiger partial charge is 0.292 e. The third-order valence-electron chi connectivity index (χ3n) is 6.63. The average Bonchev–Trinajstić information content (AvgIpc) is 3.42. The van der Waals surface area contributed by atoms with Crippen LogP contribution in [0, 0.1) is 0 Å². The maximum atomic E-state index is 6.55. The fourth-order valence-electron chi connectivity index (χ4n) is 4.82. The summed E-state index contributed by atoms with van der Waals surface area (Å²) in [5.41, 5.74) is 22.7. The van der Waals surface area contributed by atoms with Crippen LogP contribution in [0.4, 0.5) is 11.8 Å². The van der Waals surface area contributed by atoms with E-state index in [4.69, 9.17) is 36.4 Å². The molecule has 37 heavy (non-hydrogen) atoms. The average molecular weight is 497 g/mol. The Labute approximate surface area is 213 Å². The van der Waals surface area contributed by atoms with Gasteiger partial charge < -0.3 is 31.7 Å². The number of hydrogen-bond acceptors (Lipinski definition) is 9. The SMILES string of the molecule is C=C(N)c1c(-c2ccc3oc(N)nc3c2)nn(Cc2cc3ccccc3c(OC3CCNCC3)n2)c1N. The Bertz CT molecular complexity index is 1630. The van der Waals surface area contributed by atoms with Crippen LogP contribution in [0.15, 0.2) is 59.5 Å². The molecule has 1 fully saturated rings. The van der Waals surface area contributed by atoms with Gasteiger partial charge in [0.2, 0.25) is 5.88 Å². The lowest BCUT2D eigenvalue weighted by Gasteiger charge is -2.24. The summed E-state index contributed by atoms with van der Waals surface area (Å²) in [7, 11) is 0. The van der Waals surface area contributed by atoms with Crippen LogP contribution in [0.2, 0.25) is 0 Å². The Kier molecular flexibility index (Phi) is 5.65. The summed E-state index contributed by atoms with van der Waals surface area (Å²) in [6.07, 6.45) is 2.01. The highest BCUT2D eigenvalue weighted by Crippen LogP contribution is 2.33. The number of oxazole rings is 1. The van der Waals surface area contributed by atoms with Gasteiger partial charge in [-0.15, -0.1) is 0 Å². The Balaban J connectivity index is 1.39. The monoisotopic (exact) mass is 496 g/mol. The molecule has 0 aliphatic carbocycles. The normalized spacial score (nSPS) is 14.4. The number of nitrogens with two attached hydrogens (primary N) is 3. The number of anilines is 2. The van der Waals surface area contributed by atoms with Crippen LogP contribution in [-0.4, -0.2) is 38.9 Å². The Morgan fingerprint density at radius 1 is 1.11 bits per heavy atom. The number of ether oxygens (including phenoxy) is 1. The predicted molar refractivity (Wildman–Crippen MR) is 145 cm³/mol. The third-order valence-corrected chi connectivity index (χ3v) is 6.63. The zero-order valence-corrected chi connectivity index (χ0v) is 20.3. The van der Waals surface area contributed by atoms with E-state index < -0.39 is 0 Å². The molecule has 4 heterocycles. The number of aromatic nitrogens is 4. The lowest BCUT2D eigenvalue weighted by Crippen LogP contribution is -2.34. The molecule has 0 unspecified atom stereocenters. The lowest BCUT2D eigenvalue weighted by atomic mass is 10.1. The number of piperidine rings is 1. The van der Waals surface area contributed by atoms with Crippen LogP contribution in [0.1, 0.15) is 24.1 Å². The quantitative estimate of drug-likeness (QED) is 0.276. The van der Waals surface area contributed by atoms with E-state index in [2.05, 4.69) is 22.9 Å². The number of hydrogen-bond donors (Lipinski definition) is 4. The molecule has 1 saturated heterocycles. The van der Waals surface area contributed by atoms with E-state index in [0.717, 1.165) is 48.0 Å². The summed E-state index contributed by atoms with van der Waals surface area (Å²) in [6, 6.07) is 15.7. The zero-order valence-electron chi connectivity index (χ0n) is 20.3. The van der Waals surface area contributed by atoms with Crippen LogP contribution in [0.3, 0.4) is 0 Å². The zero-order chi connectivity index (χ0) is 25.5. The minimum atomic E-state index is 0.102. The molecule has 7 N–H and O–H groups in total. The van der Waals surface area contributed by atoms with Gasteiger partial charge in [0, 0.05) is 16.6 Å². The third kappa shape index (κ3) is 4.31. The molecule has 188 valence electrons. The predicted octanol–water partition coefficient (Wildman–Crippen LogP) is 3.51. The van der Waals surface area contributed by atoms with E-state index in [1.165, 1.54) is 0 Å². The minimum absolute atomic E-state index is 0.102. The number of nitrogens with zero attached hydrogens (tertiary/aromatic N) is 4. The van der Waals surface area contributed by atoms with Gasteiger partial charge in [-0.2, -0.15) is 10.1 Å². The van der Waals surface area contributed by atoms with Crippen LogP contribution in [0.25, 0.3) is 38.8 Å². The van der Waals surface area contributed by atoms with Crippen molar-refractivity contribution in [2.24, 2.45) is 5.73 Å². The van der Waals surface area contributed by atoms with Gasteiger partial charge in [0.05, 0.1) is 17.8 Å². The molecule has 0 spiro atoms. The van der Waals surface area contributed by atoms with E-state index in [-0.39, 0.29) is 12.1 Å². The van der Waals surface area contributed by atoms with Crippen molar-refractivity contribution in [1.29, 1.82) is 0 Å². The molecule has 1 aliphatic heterocycles. The van der Waals surface area contributed by atoms with Gasteiger partial charge >= 0.3 is 0 Å². The Morgan fingerprint density at radius 2 is 1.92 bits per heavy atom. The first-order chi connectivity index (χ1) is 18.0. The number of rotatable bonds is 6. The number of nitrogen functional groups attached to an aromatic ring is 2. The second-order valence-electron chi connectivity index (χ2n) is 9.23. The van der Waals surface area contributed by atoms with Crippen molar-refractivity contribution in [2.75, 3.05) is 24.6 Å². The molecule has 2 aromatic carbocycles. The molecule has 0 saturated carbocycles. The fourth-order valence-corrected chi connectivity index (χ4v) is 4.82. The van der Waals surface area contributed by atoms with Crippen LogP contribution >= 0.6 is 0 Å². The molecule has 0 atom stereocenters. The fraction of sp³-hybridized carbons (Fsp3) is 0.222. The minimum Gasteiger partial charge on any atom is -0.474 e. The molecule has 5 aromatic rings. The molecule has 1 aliphatic rings. The first-order valence-electron chi connectivity index (χ1n) is 12.2. The summed E-state index contributed by atoms with van der Waals surface area (Å²) in [6.45, 7) is 6.14. The lowest BCUT2D eigenvalue weighted by molar-refractivity contribution is 0.158. The number of fused-ring (bicyclic) bond motifs is 2.